The topological polar surface area (TPSA) is 169 Å². The first-order valence-electron chi connectivity index (χ1n) is 19.7. The van der Waals surface area contributed by atoms with Crippen molar-refractivity contribution < 1.29 is 47.8 Å². The van der Waals surface area contributed by atoms with Gasteiger partial charge in [0.15, 0.2) is 6.04 Å². The fourth-order valence-corrected chi connectivity index (χ4v) is 6.20. The number of carbonyl (C=O) groups excluding carboxylic acids is 2. The molecule has 0 aliphatic carbocycles. The molecule has 0 aromatic heterocycles. The third-order valence-corrected chi connectivity index (χ3v) is 9.51. The van der Waals surface area contributed by atoms with Crippen LogP contribution in [0.2, 0.25) is 0 Å². The van der Waals surface area contributed by atoms with Crippen LogP contribution in [0.4, 0.5) is 0 Å². The van der Waals surface area contributed by atoms with Gasteiger partial charge in [-0.15, -0.1) is 0 Å². The van der Waals surface area contributed by atoms with Crippen LogP contribution in [0.5, 0.6) is 0 Å². The van der Waals surface area contributed by atoms with Crippen molar-refractivity contribution in [3.8, 4) is 0 Å². The van der Waals surface area contributed by atoms with Gasteiger partial charge in [0.2, 0.25) is 5.91 Å². The van der Waals surface area contributed by atoms with Crippen LogP contribution in [0.1, 0.15) is 181 Å². The van der Waals surface area contributed by atoms with Gasteiger partial charge in [-0.3, -0.25) is 18.6 Å². The summed E-state index contributed by atoms with van der Waals surface area (Å²) in [6.07, 6.45) is 31.2. The van der Waals surface area contributed by atoms with Crippen molar-refractivity contribution in [3.63, 3.8) is 0 Å². The number of phosphoric ester groups is 1. The number of hydrogen-bond donors (Lipinski definition) is 4. The Kier molecular flexibility index (Phi) is 33.1. The van der Waals surface area contributed by atoms with Gasteiger partial charge in [-0.05, 0) is 38.5 Å². The molecule has 0 bridgehead atoms. The molecule has 1 amide bonds. The lowest BCUT2D eigenvalue weighted by molar-refractivity contribution is -0.147. The lowest BCUT2D eigenvalue weighted by Gasteiger charge is -2.18. The van der Waals surface area contributed by atoms with E-state index in [0.29, 0.717) is 12.8 Å². The molecule has 0 aliphatic rings. The molecule has 0 saturated heterocycles. The predicted octanol–water partition coefficient (Wildman–Crippen LogP) is 9.33. The lowest BCUT2D eigenvalue weighted by atomic mass is 10.1. The van der Waals surface area contributed by atoms with E-state index in [1.54, 1.807) is 0 Å². The molecule has 0 spiro atoms. The van der Waals surface area contributed by atoms with Gasteiger partial charge in [0.05, 0.1) is 13.2 Å². The van der Waals surface area contributed by atoms with E-state index in [9.17, 15) is 34.1 Å². The molecule has 12 heteroatoms. The van der Waals surface area contributed by atoms with Crippen molar-refractivity contribution in [3.05, 3.63) is 12.2 Å². The average molecular weight is 734 g/mol. The number of ether oxygens (including phenoxy) is 1. The second-order valence-electron chi connectivity index (χ2n) is 13.5. The Morgan fingerprint density at radius 2 is 1.04 bits per heavy atom. The normalized spacial score (nSPS) is 14.0. The molecule has 3 unspecified atom stereocenters. The van der Waals surface area contributed by atoms with Gasteiger partial charge >= 0.3 is 19.8 Å². The maximum Gasteiger partial charge on any atom is 0.472 e. The van der Waals surface area contributed by atoms with Gasteiger partial charge in [-0.25, -0.2) is 9.36 Å². The Morgan fingerprint density at radius 3 is 1.52 bits per heavy atom. The minimum absolute atomic E-state index is 0.147. The van der Waals surface area contributed by atoms with Crippen LogP contribution in [-0.2, 0) is 32.7 Å². The second-order valence-corrected chi connectivity index (χ2v) is 14.9. The first kappa shape index (κ1) is 48.2. The molecule has 0 rings (SSSR count). The summed E-state index contributed by atoms with van der Waals surface area (Å²) in [5, 5.41) is 21.7. The van der Waals surface area contributed by atoms with Crippen molar-refractivity contribution in [2.24, 2.45) is 0 Å². The first-order chi connectivity index (χ1) is 24.1. The number of allylic oxidation sites excluding steroid dienone is 2. The lowest BCUT2D eigenvalue weighted by Crippen LogP contribution is -2.43. The highest BCUT2D eigenvalue weighted by Gasteiger charge is 2.28. The number of aliphatic hydroxyl groups is 1. The quantitative estimate of drug-likeness (QED) is 0.0209. The number of carboxylic acids is 1. The molecule has 50 heavy (non-hydrogen) atoms. The molecule has 294 valence electrons. The van der Waals surface area contributed by atoms with Crippen molar-refractivity contribution in [1.29, 1.82) is 0 Å². The second kappa shape index (κ2) is 34.3. The summed E-state index contributed by atoms with van der Waals surface area (Å²) in [6.45, 7) is 2.53. The molecular formula is C38H72NO10P. The summed E-state index contributed by atoms with van der Waals surface area (Å²) in [5.41, 5.74) is 0. The Balaban J connectivity index is 3.87. The van der Waals surface area contributed by atoms with Crippen LogP contribution in [0, 0.1) is 0 Å². The van der Waals surface area contributed by atoms with E-state index in [1.807, 2.05) is 0 Å². The van der Waals surface area contributed by atoms with Gasteiger partial charge in [0, 0.05) is 12.8 Å². The highest BCUT2D eigenvalue weighted by Crippen LogP contribution is 2.43. The predicted molar refractivity (Wildman–Crippen MR) is 199 cm³/mol. The number of nitrogens with one attached hydrogen (secondary N) is 1. The van der Waals surface area contributed by atoms with Gasteiger partial charge in [0.1, 0.15) is 12.7 Å². The zero-order valence-electron chi connectivity index (χ0n) is 31.5. The standard InChI is InChI=1S/C38H72NO10P/c1-3-5-7-9-11-13-14-15-16-17-18-19-20-21-22-24-26-28-30-37(42)47-31-34(40)32-48-50(45,46)49-33-35(38(43)44)39-36(41)29-27-25-23-12-10-8-6-4-2/h16-17,34-35,40H,3-15,18-33H2,1-2H3,(H,39,41)(H,43,44)(H,45,46)/b17-16-. The van der Waals surface area contributed by atoms with Gasteiger partial charge in [0.25, 0.3) is 0 Å². The molecule has 0 aliphatic heterocycles. The minimum Gasteiger partial charge on any atom is -0.480 e. The number of aliphatic carboxylic acids is 1. The Bertz CT molecular complexity index is 916. The highest BCUT2D eigenvalue weighted by molar-refractivity contribution is 7.47. The van der Waals surface area contributed by atoms with E-state index in [0.717, 1.165) is 44.9 Å². The van der Waals surface area contributed by atoms with E-state index in [-0.39, 0.29) is 12.8 Å². The number of unbranched alkanes of at least 4 members (excludes halogenated alkanes) is 21. The summed E-state index contributed by atoms with van der Waals surface area (Å²) >= 11 is 0. The molecule has 0 fully saturated rings. The Labute approximate surface area is 303 Å². The van der Waals surface area contributed by atoms with Crippen LogP contribution in [-0.4, -0.2) is 64.9 Å². The number of phosphoric acid groups is 1. The Morgan fingerprint density at radius 1 is 0.620 bits per heavy atom. The molecule has 3 atom stereocenters. The summed E-state index contributed by atoms with van der Waals surface area (Å²) < 4.78 is 26.7. The number of aliphatic hydroxyl groups excluding tert-OH is 1. The molecule has 0 radical (unpaired) electrons. The molecule has 0 heterocycles. The number of amides is 1. The van der Waals surface area contributed by atoms with E-state index < -0.39 is 57.6 Å². The monoisotopic (exact) mass is 733 g/mol. The maximum absolute atomic E-state index is 12.2. The zero-order valence-corrected chi connectivity index (χ0v) is 32.4. The number of carboxylic acid groups (broad SMARTS) is 1. The van der Waals surface area contributed by atoms with E-state index in [4.69, 9.17) is 13.8 Å². The van der Waals surface area contributed by atoms with Crippen LogP contribution in [0.15, 0.2) is 12.2 Å². The smallest absolute Gasteiger partial charge is 0.472 e. The molecule has 0 saturated carbocycles. The van der Waals surface area contributed by atoms with Crippen LogP contribution in [0.25, 0.3) is 0 Å². The third-order valence-electron chi connectivity index (χ3n) is 8.55. The van der Waals surface area contributed by atoms with E-state index >= 15 is 0 Å². The largest absolute Gasteiger partial charge is 0.480 e. The van der Waals surface area contributed by atoms with Gasteiger partial charge in [-0.1, -0.05) is 142 Å². The van der Waals surface area contributed by atoms with Crippen molar-refractivity contribution in [2.75, 3.05) is 19.8 Å². The molecule has 0 aromatic rings. The van der Waals surface area contributed by atoms with E-state index in [2.05, 4.69) is 31.3 Å². The number of rotatable bonds is 37. The SMILES string of the molecule is CCCCCCCCC/C=C\CCCCCCCCCC(=O)OCC(O)COP(=O)(O)OCC(NC(=O)CCCCCCCCCC)C(=O)O. The average Bonchev–Trinajstić information content (AvgIpc) is 3.08. The zero-order chi connectivity index (χ0) is 37.1. The maximum atomic E-state index is 12.2. The first-order valence-corrected chi connectivity index (χ1v) is 21.2. The fraction of sp³-hybridized carbons (Fsp3) is 0.868. The van der Waals surface area contributed by atoms with Gasteiger partial charge < -0.3 is 25.2 Å². The summed E-state index contributed by atoms with van der Waals surface area (Å²) in [6, 6.07) is -1.54. The summed E-state index contributed by atoms with van der Waals surface area (Å²) in [7, 11) is -4.74. The van der Waals surface area contributed by atoms with Crippen molar-refractivity contribution >= 4 is 25.7 Å². The number of hydrogen-bond acceptors (Lipinski definition) is 8. The fourth-order valence-electron chi connectivity index (χ4n) is 5.43. The minimum atomic E-state index is -4.74. The number of carbonyl (C=O) groups is 3. The highest BCUT2D eigenvalue weighted by atomic mass is 31.2. The van der Waals surface area contributed by atoms with E-state index in [1.165, 1.54) is 96.3 Å². The molecular weight excluding hydrogens is 661 g/mol. The van der Waals surface area contributed by atoms with Gasteiger partial charge in [-0.2, -0.15) is 0 Å². The molecule has 4 N–H and O–H groups in total. The molecule has 0 aromatic carbocycles. The third kappa shape index (κ3) is 33.4. The van der Waals surface area contributed by atoms with Crippen molar-refractivity contribution in [1.82, 2.24) is 5.32 Å². The molecule has 11 nitrogen and oxygen atoms in total. The summed E-state index contributed by atoms with van der Waals surface area (Å²) in [4.78, 5) is 45.5. The summed E-state index contributed by atoms with van der Waals surface area (Å²) in [5.74, 6) is -2.38. The van der Waals surface area contributed by atoms with Crippen LogP contribution < -0.4 is 5.32 Å². The van der Waals surface area contributed by atoms with Crippen LogP contribution >= 0.6 is 7.82 Å². The number of esters is 1. The van der Waals surface area contributed by atoms with Crippen LogP contribution in [0.3, 0.4) is 0 Å². The van der Waals surface area contributed by atoms with Crippen molar-refractivity contribution in [2.45, 2.75) is 193 Å². The Hall–Kier alpha value is -1.78.